The molecule has 0 radical (unpaired) electrons. The third-order valence-corrected chi connectivity index (χ3v) is 3.88. The summed E-state index contributed by atoms with van der Waals surface area (Å²) in [5.74, 6) is -0.242. The van der Waals surface area contributed by atoms with Crippen LogP contribution >= 0.6 is 11.6 Å². The predicted octanol–water partition coefficient (Wildman–Crippen LogP) is 2.59. The maximum atomic E-state index is 14.1. The summed E-state index contributed by atoms with van der Waals surface area (Å²) in [6.07, 6.45) is 1.93. The van der Waals surface area contributed by atoms with Gasteiger partial charge in [-0.1, -0.05) is 11.6 Å². The smallest absolute Gasteiger partial charge is 0.128 e. The van der Waals surface area contributed by atoms with Gasteiger partial charge in [-0.2, -0.15) is 0 Å². The minimum atomic E-state index is -0.242. The van der Waals surface area contributed by atoms with Crippen molar-refractivity contribution >= 4 is 11.6 Å². The van der Waals surface area contributed by atoms with Crippen LogP contribution in [-0.4, -0.2) is 37.7 Å². The second-order valence-electron chi connectivity index (χ2n) is 4.95. The molecule has 0 aromatic heterocycles. The molecule has 0 saturated carbocycles. The van der Waals surface area contributed by atoms with Gasteiger partial charge < -0.3 is 10.5 Å². The maximum absolute atomic E-state index is 14.1. The Morgan fingerprint density at radius 2 is 2.32 bits per heavy atom. The molecule has 0 spiro atoms. The van der Waals surface area contributed by atoms with E-state index in [0.717, 1.165) is 25.9 Å². The summed E-state index contributed by atoms with van der Waals surface area (Å²) in [5, 5.41) is 0.542. The molecular formula is C14H20ClFN2O. The number of methoxy groups -OCH3 is 1. The van der Waals surface area contributed by atoms with Gasteiger partial charge in [0.1, 0.15) is 5.82 Å². The standard InChI is InChI=1S/C14H20ClFN2O/c1-19-8-7-18-6-2-3-13(17)14(18)11-9-10(15)4-5-12(11)16/h4-5,9,13-14H,2-3,6-8,17H2,1H3. The van der Waals surface area contributed by atoms with Crippen molar-refractivity contribution in [3.63, 3.8) is 0 Å². The number of benzene rings is 1. The first-order chi connectivity index (χ1) is 9.13. The molecule has 0 aliphatic carbocycles. The topological polar surface area (TPSA) is 38.5 Å². The third kappa shape index (κ3) is 3.45. The van der Waals surface area contributed by atoms with Gasteiger partial charge in [0.05, 0.1) is 12.6 Å². The average Bonchev–Trinajstić information content (AvgIpc) is 2.39. The zero-order chi connectivity index (χ0) is 13.8. The van der Waals surface area contributed by atoms with Crippen LogP contribution in [-0.2, 0) is 4.74 Å². The van der Waals surface area contributed by atoms with Gasteiger partial charge in [0.2, 0.25) is 0 Å². The highest BCUT2D eigenvalue weighted by Gasteiger charge is 2.31. The monoisotopic (exact) mass is 286 g/mol. The Bertz CT molecular complexity index is 430. The number of hydrogen-bond acceptors (Lipinski definition) is 3. The molecule has 1 fully saturated rings. The van der Waals surface area contributed by atoms with Gasteiger partial charge in [0.25, 0.3) is 0 Å². The van der Waals surface area contributed by atoms with Crippen molar-refractivity contribution in [3.05, 3.63) is 34.6 Å². The van der Waals surface area contributed by atoms with Gasteiger partial charge in [0.15, 0.2) is 0 Å². The van der Waals surface area contributed by atoms with E-state index in [1.165, 1.54) is 6.07 Å². The van der Waals surface area contributed by atoms with Crippen molar-refractivity contribution in [2.45, 2.75) is 24.9 Å². The molecule has 2 rings (SSSR count). The highest BCUT2D eigenvalue weighted by Crippen LogP contribution is 2.32. The van der Waals surface area contributed by atoms with Crippen LogP contribution in [0.4, 0.5) is 4.39 Å². The second kappa shape index (κ2) is 6.66. The molecule has 1 heterocycles. The van der Waals surface area contributed by atoms with Crippen LogP contribution in [0.15, 0.2) is 18.2 Å². The summed E-state index contributed by atoms with van der Waals surface area (Å²) in [4.78, 5) is 2.19. The largest absolute Gasteiger partial charge is 0.383 e. The zero-order valence-electron chi connectivity index (χ0n) is 11.1. The van der Waals surface area contributed by atoms with E-state index in [0.29, 0.717) is 17.2 Å². The number of rotatable bonds is 4. The fourth-order valence-corrected chi connectivity index (χ4v) is 2.91. The lowest BCUT2D eigenvalue weighted by Crippen LogP contribution is -2.47. The first kappa shape index (κ1) is 14.7. The van der Waals surface area contributed by atoms with Crippen molar-refractivity contribution in [1.82, 2.24) is 4.90 Å². The second-order valence-corrected chi connectivity index (χ2v) is 5.38. The average molecular weight is 287 g/mol. The van der Waals surface area contributed by atoms with E-state index < -0.39 is 0 Å². The molecule has 2 N–H and O–H groups in total. The van der Waals surface area contributed by atoms with Gasteiger partial charge in [-0.3, -0.25) is 4.90 Å². The normalized spacial score (nSPS) is 24.6. The number of piperidine rings is 1. The number of halogens is 2. The first-order valence-electron chi connectivity index (χ1n) is 6.57. The predicted molar refractivity (Wildman–Crippen MR) is 74.8 cm³/mol. The lowest BCUT2D eigenvalue weighted by atomic mass is 9.90. The molecule has 1 aromatic rings. The molecule has 1 saturated heterocycles. The number of likely N-dealkylation sites (tertiary alicyclic amines) is 1. The summed E-state index contributed by atoms with van der Waals surface area (Å²) in [6, 6.07) is 4.47. The van der Waals surface area contributed by atoms with Gasteiger partial charge in [-0.25, -0.2) is 4.39 Å². The molecule has 2 unspecified atom stereocenters. The zero-order valence-corrected chi connectivity index (χ0v) is 11.9. The molecular weight excluding hydrogens is 267 g/mol. The Morgan fingerprint density at radius 1 is 1.53 bits per heavy atom. The van der Waals surface area contributed by atoms with Gasteiger partial charge in [-0.15, -0.1) is 0 Å². The number of ether oxygens (including phenoxy) is 1. The van der Waals surface area contributed by atoms with Crippen LogP contribution in [0.1, 0.15) is 24.4 Å². The van der Waals surface area contributed by atoms with Crippen LogP contribution in [0.3, 0.4) is 0 Å². The van der Waals surface area contributed by atoms with E-state index >= 15 is 0 Å². The number of hydrogen-bond donors (Lipinski definition) is 1. The molecule has 2 atom stereocenters. The molecule has 1 aliphatic rings. The Kier molecular flexibility index (Phi) is 5.16. The van der Waals surface area contributed by atoms with Crippen molar-refractivity contribution in [3.8, 4) is 0 Å². The van der Waals surface area contributed by atoms with E-state index in [4.69, 9.17) is 22.1 Å². The molecule has 0 bridgehead atoms. The van der Waals surface area contributed by atoms with Gasteiger partial charge in [-0.05, 0) is 37.6 Å². The first-order valence-corrected chi connectivity index (χ1v) is 6.95. The molecule has 19 heavy (non-hydrogen) atoms. The van der Waals surface area contributed by atoms with E-state index in [1.54, 1.807) is 19.2 Å². The van der Waals surface area contributed by atoms with Crippen molar-refractivity contribution in [2.24, 2.45) is 5.73 Å². The van der Waals surface area contributed by atoms with Gasteiger partial charge in [0, 0.05) is 30.3 Å². The molecule has 3 nitrogen and oxygen atoms in total. The summed E-state index contributed by atoms with van der Waals surface area (Å²) >= 11 is 5.99. The minimum Gasteiger partial charge on any atom is -0.383 e. The fourth-order valence-electron chi connectivity index (χ4n) is 2.73. The van der Waals surface area contributed by atoms with E-state index in [1.807, 2.05) is 0 Å². The van der Waals surface area contributed by atoms with Crippen LogP contribution < -0.4 is 5.73 Å². The fraction of sp³-hybridized carbons (Fsp3) is 0.571. The highest BCUT2D eigenvalue weighted by atomic mass is 35.5. The molecule has 1 aromatic carbocycles. The number of nitrogens with zero attached hydrogens (tertiary/aromatic N) is 1. The summed E-state index contributed by atoms with van der Waals surface area (Å²) in [5.41, 5.74) is 6.79. The maximum Gasteiger partial charge on any atom is 0.128 e. The lowest BCUT2D eigenvalue weighted by molar-refractivity contribution is 0.0831. The highest BCUT2D eigenvalue weighted by molar-refractivity contribution is 6.30. The molecule has 0 amide bonds. The number of nitrogens with two attached hydrogens (primary N) is 1. The SMILES string of the molecule is COCCN1CCCC(N)C1c1cc(Cl)ccc1F. The molecule has 5 heteroatoms. The van der Waals surface area contributed by atoms with E-state index in [2.05, 4.69) is 4.90 Å². The summed E-state index contributed by atoms with van der Waals surface area (Å²) in [7, 11) is 1.67. The Labute approximate surface area is 118 Å². The van der Waals surface area contributed by atoms with Crippen molar-refractivity contribution in [2.75, 3.05) is 26.8 Å². The molecule has 106 valence electrons. The van der Waals surface area contributed by atoms with Crippen LogP contribution in [0.5, 0.6) is 0 Å². The Morgan fingerprint density at radius 3 is 3.05 bits per heavy atom. The molecule has 1 aliphatic heterocycles. The van der Waals surface area contributed by atoms with E-state index in [-0.39, 0.29) is 17.9 Å². The summed E-state index contributed by atoms with van der Waals surface area (Å²) in [6.45, 7) is 2.28. The van der Waals surface area contributed by atoms with Crippen molar-refractivity contribution in [1.29, 1.82) is 0 Å². The minimum absolute atomic E-state index is 0.0708. The van der Waals surface area contributed by atoms with Crippen LogP contribution in [0.2, 0.25) is 5.02 Å². The Balaban J connectivity index is 2.27. The van der Waals surface area contributed by atoms with Crippen LogP contribution in [0, 0.1) is 5.82 Å². The van der Waals surface area contributed by atoms with Crippen molar-refractivity contribution < 1.29 is 9.13 Å². The summed E-state index contributed by atoms with van der Waals surface area (Å²) < 4.78 is 19.2. The quantitative estimate of drug-likeness (QED) is 0.925. The Hall–Kier alpha value is -0.680. The van der Waals surface area contributed by atoms with E-state index in [9.17, 15) is 4.39 Å². The van der Waals surface area contributed by atoms with Gasteiger partial charge >= 0.3 is 0 Å². The lowest BCUT2D eigenvalue weighted by Gasteiger charge is -2.40. The third-order valence-electron chi connectivity index (χ3n) is 3.64. The van der Waals surface area contributed by atoms with Crippen LogP contribution in [0.25, 0.3) is 0 Å².